The molecule has 7 N–H and O–H groups in total. The third-order valence-corrected chi connectivity index (χ3v) is 10.4. The van der Waals surface area contributed by atoms with Crippen LogP contribution in [0.5, 0.6) is 0 Å². The number of hydrogen-bond donors (Lipinski definition) is 5. The Bertz CT molecular complexity index is 726. The highest BCUT2D eigenvalue weighted by Gasteiger charge is 2.34. The second-order valence-corrected chi connectivity index (χ2v) is 14.2. The van der Waals surface area contributed by atoms with Crippen LogP contribution in [0.25, 0.3) is 0 Å². The van der Waals surface area contributed by atoms with E-state index >= 15 is 0 Å². The van der Waals surface area contributed by atoms with Gasteiger partial charge in [0.15, 0.2) is 0 Å². The van der Waals surface area contributed by atoms with Crippen molar-refractivity contribution in [3.05, 3.63) is 0 Å². The molecule has 0 aliphatic rings. The van der Waals surface area contributed by atoms with Gasteiger partial charge in [0.1, 0.15) is 0 Å². The number of carbonyl (C=O) groups excluding carboxylic acids is 1. The minimum atomic E-state index is -0.883. The Labute approximate surface area is 274 Å². The van der Waals surface area contributed by atoms with E-state index in [2.05, 4.69) is 19.2 Å². The van der Waals surface area contributed by atoms with Crippen LogP contribution in [-0.4, -0.2) is 58.2 Å². The first-order chi connectivity index (χ1) is 21.2. The minimum absolute atomic E-state index is 0.212. The molecule has 9 heteroatoms. The quantitative estimate of drug-likeness (QED) is 0.0466. The number of amides is 1. The van der Waals surface area contributed by atoms with Crippen LogP contribution in [-0.2, 0) is 14.4 Å². The fourth-order valence-corrected chi connectivity index (χ4v) is 7.32. The Morgan fingerprint density at radius 2 is 1.16 bits per heavy atom. The van der Waals surface area contributed by atoms with Gasteiger partial charge in [-0.25, -0.2) is 0 Å². The second kappa shape index (κ2) is 29.1. The molecule has 0 rings (SSSR count). The van der Waals surface area contributed by atoms with Gasteiger partial charge in [-0.3, -0.25) is 14.4 Å². The van der Waals surface area contributed by atoms with Crippen LogP contribution in [0.1, 0.15) is 156 Å². The molecule has 260 valence electrons. The molecule has 0 fully saturated rings. The van der Waals surface area contributed by atoms with Crippen LogP contribution in [0.4, 0.5) is 0 Å². The van der Waals surface area contributed by atoms with Gasteiger partial charge < -0.3 is 27.0 Å². The molecule has 0 aliphatic heterocycles. The molecule has 0 aromatic carbocycles. The van der Waals surface area contributed by atoms with Crippen molar-refractivity contribution in [2.75, 3.05) is 18.8 Å². The molecule has 0 bridgehead atoms. The summed E-state index contributed by atoms with van der Waals surface area (Å²) in [6.45, 7) is 7.51. The van der Waals surface area contributed by atoms with Crippen molar-refractivity contribution in [2.24, 2.45) is 29.2 Å². The predicted molar refractivity (Wildman–Crippen MR) is 186 cm³/mol. The first-order valence-electron chi connectivity index (χ1n) is 18.0. The Kier molecular flexibility index (Phi) is 28.2. The van der Waals surface area contributed by atoms with Gasteiger partial charge in [0, 0.05) is 17.5 Å². The Hall–Kier alpha value is -1.32. The highest BCUT2D eigenvalue weighted by atomic mass is 32.2. The fourth-order valence-electron chi connectivity index (χ4n) is 5.92. The number of carbonyl (C=O) groups is 3. The van der Waals surface area contributed by atoms with E-state index in [1.54, 1.807) is 0 Å². The molecule has 8 nitrogen and oxygen atoms in total. The van der Waals surface area contributed by atoms with Crippen LogP contribution in [0.3, 0.4) is 0 Å². The molecule has 0 saturated heterocycles. The molecular weight excluding hydrogens is 574 g/mol. The monoisotopic (exact) mass is 643 g/mol. The zero-order valence-electron chi connectivity index (χ0n) is 28.5. The number of nitrogens with one attached hydrogen (secondary N) is 1. The zero-order valence-corrected chi connectivity index (χ0v) is 29.4. The van der Waals surface area contributed by atoms with Crippen molar-refractivity contribution in [2.45, 2.75) is 167 Å². The number of unbranched alkanes of at least 4 members (excludes halogenated alkanes) is 15. The first kappa shape index (κ1) is 42.7. The first-order valence-corrected chi connectivity index (χ1v) is 19.0. The van der Waals surface area contributed by atoms with Gasteiger partial charge in [-0.2, -0.15) is 11.8 Å². The molecule has 0 radical (unpaired) electrons. The lowest BCUT2D eigenvalue weighted by atomic mass is 9.81. The predicted octanol–water partition coefficient (Wildman–Crippen LogP) is 7.76. The molecule has 5 atom stereocenters. The summed E-state index contributed by atoms with van der Waals surface area (Å²) in [6, 6.07) is -0.716. The largest absolute Gasteiger partial charge is 0.481 e. The standard InChI is InChI=1S/C35H69N3O5S/c1-4-6-8-10-12-14-15-18-22-29(34(40)41)28(3)26-30(35(42)43)32(23-19-16-13-11-9-7-5-2)44-27-31(37)33(39)38-25-21-17-20-24-36/h28-32H,4-27,36-37H2,1-3H3,(H,38,39)(H,40,41)(H,42,43)/t28?,29-,30?,31+,32?/m1/s1. The number of thioether (sulfide) groups is 1. The molecule has 44 heavy (non-hydrogen) atoms. The molecular formula is C35H69N3O5S. The summed E-state index contributed by atoms with van der Waals surface area (Å²) in [6.07, 6.45) is 21.6. The molecule has 1 amide bonds. The summed E-state index contributed by atoms with van der Waals surface area (Å²) in [5.74, 6) is -3.06. The number of hydrogen-bond acceptors (Lipinski definition) is 6. The van der Waals surface area contributed by atoms with Gasteiger partial charge >= 0.3 is 11.9 Å². The number of aliphatic carboxylic acids is 2. The fraction of sp³-hybridized carbons (Fsp3) is 0.914. The molecule has 3 unspecified atom stereocenters. The van der Waals surface area contributed by atoms with E-state index in [4.69, 9.17) is 11.5 Å². The van der Waals surface area contributed by atoms with Crippen LogP contribution >= 0.6 is 11.8 Å². The molecule has 0 aromatic heterocycles. The van der Waals surface area contributed by atoms with Crippen molar-refractivity contribution in [1.29, 1.82) is 0 Å². The van der Waals surface area contributed by atoms with Crippen LogP contribution in [0.15, 0.2) is 0 Å². The lowest BCUT2D eigenvalue weighted by molar-refractivity contribution is -0.147. The van der Waals surface area contributed by atoms with Crippen molar-refractivity contribution in [3.63, 3.8) is 0 Å². The van der Waals surface area contributed by atoms with Crippen LogP contribution in [0, 0.1) is 17.8 Å². The molecule has 0 saturated carbocycles. The smallest absolute Gasteiger partial charge is 0.307 e. The topological polar surface area (TPSA) is 156 Å². The third kappa shape index (κ3) is 22.2. The summed E-state index contributed by atoms with van der Waals surface area (Å²) >= 11 is 1.48. The van der Waals surface area contributed by atoms with Gasteiger partial charge in [-0.1, -0.05) is 124 Å². The lowest BCUT2D eigenvalue weighted by Crippen LogP contribution is -2.43. The van der Waals surface area contributed by atoms with E-state index < -0.39 is 29.8 Å². The lowest BCUT2D eigenvalue weighted by Gasteiger charge is -2.29. The summed E-state index contributed by atoms with van der Waals surface area (Å²) in [5.41, 5.74) is 11.8. The summed E-state index contributed by atoms with van der Waals surface area (Å²) in [4.78, 5) is 37.4. The van der Waals surface area contributed by atoms with E-state index in [0.29, 0.717) is 31.7 Å². The molecule has 0 aromatic rings. The van der Waals surface area contributed by atoms with Gasteiger partial charge in [0.25, 0.3) is 0 Å². The summed E-state index contributed by atoms with van der Waals surface area (Å²) < 4.78 is 0. The van der Waals surface area contributed by atoms with Gasteiger partial charge in [0.2, 0.25) is 5.91 Å². The third-order valence-electron chi connectivity index (χ3n) is 8.86. The Morgan fingerprint density at radius 1 is 0.682 bits per heavy atom. The zero-order chi connectivity index (χ0) is 33.0. The highest BCUT2D eigenvalue weighted by molar-refractivity contribution is 8.00. The minimum Gasteiger partial charge on any atom is -0.481 e. The normalized spacial score (nSPS) is 14.9. The van der Waals surface area contributed by atoms with Gasteiger partial charge in [0.05, 0.1) is 17.9 Å². The number of carboxylic acid groups (broad SMARTS) is 2. The van der Waals surface area contributed by atoms with Gasteiger partial charge in [-0.15, -0.1) is 0 Å². The number of rotatable bonds is 32. The van der Waals surface area contributed by atoms with E-state index in [-0.39, 0.29) is 17.1 Å². The van der Waals surface area contributed by atoms with Gasteiger partial charge in [-0.05, 0) is 44.6 Å². The van der Waals surface area contributed by atoms with E-state index in [0.717, 1.165) is 64.2 Å². The molecule has 0 heterocycles. The molecule has 0 spiro atoms. The molecule has 0 aliphatic carbocycles. The van der Waals surface area contributed by atoms with Crippen molar-refractivity contribution < 1.29 is 24.6 Å². The highest BCUT2D eigenvalue weighted by Crippen LogP contribution is 2.34. The van der Waals surface area contributed by atoms with E-state index in [9.17, 15) is 24.6 Å². The maximum atomic E-state index is 12.6. The van der Waals surface area contributed by atoms with Crippen molar-refractivity contribution in [3.8, 4) is 0 Å². The summed E-state index contributed by atoms with van der Waals surface area (Å²) in [7, 11) is 0. The second-order valence-electron chi connectivity index (χ2n) is 12.9. The Morgan fingerprint density at radius 3 is 1.66 bits per heavy atom. The Balaban J connectivity index is 5.20. The summed E-state index contributed by atoms with van der Waals surface area (Å²) in [5, 5.41) is 23.0. The van der Waals surface area contributed by atoms with Crippen LogP contribution < -0.4 is 16.8 Å². The van der Waals surface area contributed by atoms with Crippen molar-refractivity contribution >= 4 is 29.6 Å². The van der Waals surface area contributed by atoms with E-state index in [1.807, 2.05) is 6.92 Å². The average Bonchev–Trinajstić information content (AvgIpc) is 2.99. The average molecular weight is 644 g/mol. The number of carboxylic acids is 2. The maximum absolute atomic E-state index is 12.6. The SMILES string of the molecule is CCCCCCCCCC[C@@H](C(=O)O)C(C)CC(C(=O)O)C(CCCCCCCCC)SC[C@H](N)C(=O)NCCCCCN. The van der Waals surface area contributed by atoms with E-state index in [1.165, 1.54) is 69.5 Å². The van der Waals surface area contributed by atoms with Crippen LogP contribution in [0.2, 0.25) is 0 Å². The maximum Gasteiger partial charge on any atom is 0.307 e. The number of nitrogens with two attached hydrogens (primary N) is 2. The van der Waals surface area contributed by atoms with Crippen molar-refractivity contribution in [1.82, 2.24) is 5.32 Å².